The van der Waals surface area contributed by atoms with E-state index in [-0.39, 0.29) is 12.0 Å². The lowest BCUT2D eigenvalue weighted by Crippen LogP contribution is -2.38. The fraction of sp³-hybridized carbons (Fsp3) is 0.316. The average molecular weight is 310 g/mol. The molecule has 0 radical (unpaired) electrons. The van der Waals surface area contributed by atoms with Crippen LogP contribution in [0, 0.1) is 0 Å². The third kappa shape index (κ3) is 3.08. The van der Waals surface area contributed by atoms with Crippen LogP contribution in [0.25, 0.3) is 16.8 Å². The minimum absolute atomic E-state index is 0.0819. The summed E-state index contributed by atoms with van der Waals surface area (Å²) in [7, 11) is 0. The van der Waals surface area contributed by atoms with Crippen LogP contribution in [0.2, 0.25) is 0 Å². The van der Waals surface area contributed by atoms with Crippen LogP contribution < -0.4 is 15.6 Å². The van der Waals surface area contributed by atoms with E-state index >= 15 is 0 Å². The molecule has 0 aliphatic carbocycles. The standard InChI is InChI=1S/C19H22N2O2/c1-12(2)23-15-9-8-13-6-5-7-14(16(13)11-15)10-17-18(22)20-21-19(17,3)4/h5-12,21H,1-4H3,(H,20,22)/b17-10+. The number of hydrazine groups is 1. The molecule has 4 nitrogen and oxygen atoms in total. The van der Waals surface area contributed by atoms with Gasteiger partial charge in [-0.2, -0.15) is 0 Å². The van der Waals surface area contributed by atoms with Crippen LogP contribution in [0.4, 0.5) is 0 Å². The lowest BCUT2D eigenvalue weighted by atomic mass is 9.92. The molecule has 3 rings (SSSR count). The van der Waals surface area contributed by atoms with Crippen molar-refractivity contribution < 1.29 is 9.53 Å². The predicted molar refractivity (Wildman–Crippen MR) is 93.0 cm³/mol. The molecule has 0 bridgehead atoms. The Labute approximate surface area is 136 Å². The Morgan fingerprint density at radius 3 is 2.61 bits per heavy atom. The van der Waals surface area contributed by atoms with Crippen molar-refractivity contribution in [1.29, 1.82) is 0 Å². The molecule has 0 unspecified atom stereocenters. The van der Waals surface area contributed by atoms with Crippen molar-refractivity contribution in [2.45, 2.75) is 39.3 Å². The molecule has 0 atom stereocenters. The summed E-state index contributed by atoms with van der Waals surface area (Å²) in [5, 5.41) is 2.20. The molecule has 1 saturated heterocycles. The highest BCUT2D eigenvalue weighted by molar-refractivity contribution is 6.04. The van der Waals surface area contributed by atoms with Gasteiger partial charge in [-0.25, -0.2) is 5.43 Å². The minimum Gasteiger partial charge on any atom is -0.491 e. The monoisotopic (exact) mass is 310 g/mol. The van der Waals surface area contributed by atoms with E-state index in [1.807, 2.05) is 64.1 Å². The summed E-state index contributed by atoms with van der Waals surface area (Å²) < 4.78 is 5.80. The van der Waals surface area contributed by atoms with E-state index in [1.165, 1.54) is 0 Å². The Morgan fingerprint density at radius 1 is 1.17 bits per heavy atom. The van der Waals surface area contributed by atoms with E-state index in [1.54, 1.807) is 0 Å². The van der Waals surface area contributed by atoms with Gasteiger partial charge in [0.1, 0.15) is 5.75 Å². The summed E-state index contributed by atoms with van der Waals surface area (Å²) in [4.78, 5) is 12.1. The van der Waals surface area contributed by atoms with Gasteiger partial charge >= 0.3 is 0 Å². The number of carbonyl (C=O) groups excluding carboxylic acids is 1. The maximum atomic E-state index is 12.1. The van der Waals surface area contributed by atoms with Crippen molar-refractivity contribution in [2.75, 3.05) is 0 Å². The summed E-state index contributed by atoms with van der Waals surface area (Å²) in [6.07, 6.45) is 2.08. The Hall–Kier alpha value is -2.33. The van der Waals surface area contributed by atoms with Crippen molar-refractivity contribution in [3.63, 3.8) is 0 Å². The topological polar surface area (TPSA) is 50.4 Å². The summed E-state index contributed by atoms with van der Waals surface area (Å²) in [5.41, 5.74) is 7.03. The Morgan fingerprint density at radius 2 is 1.96 bits per heavy atom. The van der Waals surface area contributed by atoms with Crippen LogP contribution in [-0.2, 0) is 4.79 Å². The van der Waals surface area contributed by atoms with Gasteiger partial charge < -0.3 is 4.74 Å². The van der Waals surface area contributed by atoms with Crippen molar-refractivity contribution in [2.24, 2.45) is 0 Å². The highest BCUT2D eigenvalue weighted by atomic mass is 16.5. The molecular formula is C19H22N2O2. The SMILES string of the molecule is CC(C)Oc1ccc2cccc(/C=C3\C(=O)NNC3(C)C)c2c1. The van der Waals surface area contributed by atoms with E-state index in [9.17, 15) is 4.79 Å². The van der Waals surface area contributed by atoms with E-state index in [0.29, 0.717) is 0 Å². The zero-order valence-electron chi connectivity index (χ0n) is 13.9. The molecule has 0 aromatic heterocycles. The number of ether oxygens (including phenoxy) is 1. The largest absolute Gasteiger partial charge is 0.491 e. The van der Waals surface area contributed by atoms with Crippen molar-refractivity contribution in [3.8, 4) is 5.75 Å². The van der Waals surface area contributed by atoms with Crippen LogP contribution in [0.3, 0.4) is 0 Å². The number of benzene rings is 2. The third-order valence-corrected chi connectivity index (χ3v) is 3.97. The molecular weight excluding hydrogens is 288 g/mol. The average Bonchev–Trinajstić information content (AvgIpc) is 2.74. The van der Waals surface area contributed by atoms with Gasteiger partial charge in [0.05, 0.1) is 11.6 Å². The summed E-state index contributed by atoms with van der Waals surface area (Å²) in [5.74, 6) is 0.758. The normalized spacial score (nSPS) is 18.7. The van der Waals surface area contributed by atoms with Crippen molar-refractivity contribution in [1.82, 2.24) is 10.9 Å². The van der Waals surface area contributed by atoms with Crippen molar-refractivity contribution >= 4 is 22.8 Å². The first-order valence-corrected chi connectivity index (χ1v) is 7.86. The summed E-state index contributed by atoms with van der Waals surface area (Å²) in [6, 6.07) is 12.2. The van der Waals surface area contributed by atoms with E-state index in [4.69, 9.17) is 4.74 Å². The Kier molecular flexibility index (Phi) is 3.86. The minimum atomic E-state index is -0.398. The summed E-state index contributed by atoms with van der Waals surface area (Å²) in [6.45, 7) is 7.98. The molecule has 120 valence electrons. The Balaban J connectivity index is 2.12. The number of hydrogen-bond donors (Lipinski definition) is 2. The van der Waals surface area contributed by atoms with Gasteiger partial charge in [-0.15, -0.1) is 0 Å². The second-order valence-corrected chi connectivity index (χ2v) is 6.66. The molecule has 0 saturated carbocycles. The number of fused-ring (bicyclic) bond motifs is 1. The van der Waals surface area contributed by atoms with Crippen LogP contribution in [0.15, 0.2) is 42.0 Å². The fourth-order valence-electron chi connectivity index (χ4n) is 2.78. The molecule has 1 fully saturated rings. The predicted octanol–water partition coefficient (Wildman–Crippen LogP) is 3.42. The second-order valence-electron chi connectivity index (χ2n) is 6.66. The third-order valence-electron chi connectivity index (χ3n) is 3.97. The van der Waals surface area contributed by atoms with Crippen LogP contribution in [-0.4, -0.2) is 17.6 Å². The maximum Gasteiger partial charge on any atom is 0.263 e. The molecule has 23 heavy (non-hydrogen) atoms. The Bertz CT molecular complexity index is 791. The lowest BCUT2D eigenvalue weighted by Gasteiger charge is -2.17. The highest BCUT2D eigenvalue weighted by Gasteiger charge is 2.34. The first kappa shape index (κ1) is 15.6. The molecule has 2 N–H and O–H groups in total. The molecule has 0 spiro atoms. The molecule has 1 aliphatic rings. The van der Waals surface area contributed by atoms with Gasteiger partial charge in [0.2, 0.25) is 0 Å². The first-order chi connectivity index (χ1) is 10.9. The van der Waals surface area contributed by atoms with Gasteiger partial charge in [0, 0.05) is 5.57 Å². The number of amides is 1. The lowest BCUT2D eigenvalue weighted by molar-refractivity contribution is -0.116. The number of carbonyl (C=O) groups is 1. The molecule has 4 heteroatoms. The van der Waals surface area contributed by atoms with Crippen LogP contribution >= 0.6 is 0 Å². The zero-order valence-corrected chi connectivity index (χ0v) is 13.9. The van der Waals surface area contributed by atoms with Gasteiger partial charge in [-0.05, 0) is 62.2 Å². The maximum absolute atomic E-state index is 12.1. The van der Waals surface area contributed by atoms with E-state index in [0.717, 1.165) is 27.7 Å². The molecule has 2 aromatic carbocycles. The quantitative estimate of drug-likeness (QED) is 0.854. The number of rotatable bonds is 3. The van der Waals surface area contributed by atoms with E-state index < -0.39 is 5.54 Å². The molecule has 1 amide bonds. The highest BCUT2D eigenvalue weighted by Crippen LogP contribution is 2.29. The molecule has 1 heterocycles. The van der Waals surface area contributed by atoms with Crippen LogP contribution in [0.5, 0.6) is 5.75 Å². The fourth-order valence-corrected chi connectivity index (χ4v) is 2.78. The van der Waals surface area contributed by atoms with Gasteiger partial charge in [-0.1, -0.05) is 24.3 Å². The number of nitrogens with one attached hydrogen (secondary N) is 2. The van der Waals surface area contributed by atoms with Gasteiger partial charge in [-0.3, -0.25) is 10.2 Å². The van der Waals surface area contributed by atoms with Crippen molar-refractivity contribution in [3.05, 3.63) is 47.5 Å². The van der Waals surface area contributed by atoms with Gasteiger partial charge in [0.15, 0.2) is 0 Å². The zero-order chi connectivity index (χ0) is 16.6. The van der Waals surface area contributed by atoms with Gasteiger partial charge in [0.25, 0.3) is 5.91 Å². The van der Waals surface area contributed by atoms with Crippen LogP contribution in [0.1, 0.15) is 33.3 Å². The van der Waals surface area contributed by atoms with E-state index in [2.05, 4.69) is 16.9 Å². The smallest absolute Gasteiger partial charge is 0.263 e. The molecule has 2 aromatic rings. The number of hydrogen-bond acceptors (Lipinski definition) is 3. The summed E-state index contributed by atoms with van der Waals surface area (Å²) >= 11 is 0. The first-order valence-electron chi connectivity index (χ1n) is 7.86. The second kappa shape index (κ2) is 5.70. The molecule has 1 aliphatic heterocycles.